The van der Waals surface area contributed by atoms with E-state index in [-0.39, 0.29) is 11.3 Å². The summed E-state index contributed by atoms with van der Waals surface area (Å²) >= 11 is 1.46. The molecule has 0 bridgehead atoms. The number of hydrogen-bond acceptors (Lipinski definition) is 6. The molecular formula is C15H12N4O2S. The normalized spacial score (nSPS) is 10.5. The Morgan fingerprint density at radius 1 is 1.18 bits per heavy atom. The number of para-hydroxylation sites is 1. The molecule has 0 atom stereocenters. The van der Waals surface area contributed by atoms with Crippen LogP contribution in [0.5, 0.6) is 5.75 Å². The number of rotatable bonds is 5. The number of benzene rings is 2. The zero-order chi connectivity index (χ0) is 15.4. The minimum absolute atomic E-state index is 0.0159. The van der Waals surface area contributed by atoms with Crippen LogP contribution in [0.15, 0.2) is 53.7 Å². The fourth-order valence-electron chi connectivity index (χ4n) is 1.94. The van der Waals surface area contributed by atoms with Gasteiger partial charge in [0.2, 0.25) is 5.16 Å². The highest BCUT2D eigenvalue weighted by Crippen LogP contribution is 2.24. The molecule has 0 aliphatic carbocycles. The number of carbonyl (C=O) groups excluding carboxylic acids is 1. The number of hydrogen-bond donors (Lipinski definition) is 1. The van der Waals surface area contributed by atoms with Gasteiger partial charge in [-0.25, -0.2) is 0 Å². The molecule has 110 valence electrons. The quantitative estimate of drug-likeness (QED) is 0.576. The molecule has 0 aliphatic rings. The molecule has 6 nitrogen and oxygen atoms in total. The van der Waals surface area contributed by atoms with Crippen LogP contribution in [0.2, 0.25) is 0 Å². The van der Waals surface area contributed by atoms with E-state index in [0.29, 0.717) is 17.2 Å². The molecule has 0 saturated heterocycles. The van der Waals surface area contributed by atoms with Gasteiger partial charge in [0.25, 0.3) is 0 Å². The minimum atomic E-state index is -0.0159. The Bertz CT molecular complexity index is 789. The van der Waals surface area contributed by atoms with E-state index in [2.05, 4.69) is 15.5 Å². The molecule has 1 aromatic heterocycles. The van der Waals surface area contributed by atoms with Crippen LogP contribution in [0.1, 0.15) is 15.9 Å². The third-order valence-corrected chi connectivity index (χ3v) is 4.02. The second kappa shape index (κ2) is 6.40. The number of aldehydes is 1. The van der Waals surface area contributed by atoms with Crippen molar-refractivity contribution in [2.75, 3.05) is 0 Å². The van der Waals surface area contributed by atoms with Crippen molar-refractivity contribution < 1.29 is 9.90 Å². The number of aromatic nitrogens is 4. The third-order valence-electron chi connectivity index (χ3n) is 3.03. The van der Waals surface area contributed by atoms with E-state index < -0.39 is 0 Å². The number of aromatic hydroxyl groups is 1. The average Bonchev–Trinajstić information content (AvgIpc) is 3.03. The first-order chi connectivity index (χ1) is 10.8. The lowest BCUT2D eigenvalue weighted by atomic mass is 10.1. The van der Waals surface area contributed by atoms with Crippen LogP contribution in [0, 0.1) is 0 Å². The molecule has 3 aromatic rings. The smallest absolute Gasteiger partial charge is 0.214 e. The van der Waals surface area contributed by atoms with Gasteiger partial charge >= 0.3 is 0 Å². The lowest BCUT2D eigenvalue weighted by Gasteiger charge is -2.05. The Morgan fingerprint density at radius 3 is 2.77 bits per heavy atom. The van der Waals surface area contributed by atoms with Crippen LogP contribution in [0.25, 0.3) is 5.69 Å². The SMILES string of the molecule is O=Cc1cc(CSc2nnnn2-c2ccccc2)ccc1O. The van der Waals surface area contributed by atoms with Crippen LogP contribution in [0.3, 0.4) is 0 Å². The number of phenols is 1. The monoisotopic (exact) mass is 312 g/mol. The van der Waals surface area contributed by atoms with Crippen molar-refractivity contribution >= 4 is 18.0 Å². The summed E-state index contributed by atoms with van der Waals surface area (Å²) in [5.74, 6) is 0.576. The van der Waals surface area contributed by atoms with Gasteiger partial charge < -0.3 is 5.11 Å². The molecule has 0 saturated carbocycles. The molecule has 0 aliphatic heterocycles. The molecule has 0 radical (unpaired) electrons. The average molecular weight is 312 g/mol. The zero-order valence-corrected chi connectivity index (χ0v) is 12.3. The summed E-state index contributed by atoms with van der Waals surface area (Å²) in [4.78, 5) is 10.8. The van der Waals surface area contributed by atoms with Gasteiger partial charge in [0.05, 0.1) is 11.3 Å². The van der Waals surface area contributed by atoms with Crippen molar-refractivity contribution in [3.05, 3.63) is 59.7 Å². The molecule has 2 aromatic carbocycles. The van der Waals surface area contributed by atoms with Crippen molar-refractivity contribution in [2.45, 2.75) is 10.9 Å². The number of thioether (sulfide) groups is 1. The van der Waals surface area contributed by atoms with Crippen molar-refractivity contribution in [3.8, 4) is 11.4 Å². The summed E-state index contributed by atoms with van der Waals surface area (Å²) in [6.07, 6.45) is 0.636. The lowest BCUT2D eigenvalue weighted by molar-refractivity contribution is 0.112. The Balaban J connectivity index is 1.78. The summed E-state index contributed by atoms with van der Waals surface area (Å²) < 4.78 is 1.66. The number of tetrazole rings is 1. The molecule has 0 spiro atoms. The van der Waals surface area contributed by atoms with Gasteiger partial charge in [-0.2, -0.15) is 4.68 Å². The first kappa shape index (κ1) is 14.3. The maximum atomic E-state index is 10.8. The molecule has 1 heterocycles. The van der Waals surface area contributed by atoms with Gasteiger partial charge in [0.15, 0.2) is 6.29 Å². The molecule has 3 rings (SSSR count). The molecule has 0 fully saturated rings. The van der Waals surface area contributed by atoms with Gasteiger partial charge in [0, 0.05) is 5.75 Å². The second-order valence-electron chi connectivity index (χ2n) is 4.51. The van der Waals surface area contributed by atoms with Crippen molar-refractivity contribution in [2.24, 2.45) is 0 Å². The first-order valence-electron chi connectivity index (χ1n) is 6.51. The fraction of sp³-hybridized carbons (Fsp3) is 0.0667. The lowest BCUT2D eigenvalue weighted by Crippen LogP contribution is -1.98. The van der Waals surface area contributed by atoms with Gasteiger partial charge in [0.1, 0.15) is 5.75 Å². The largest absolute Gasteiger partial charge is 0.507 e. The molecule has 0 amide bonds. The molecule has 7 heteroatoms. The highest BCUT2D eigenvalue weighted by molar-refractivity contribution is 7.98. The molecule has 0 unspecified atom stereocenters. The summed E-state index contributed by atoms with van der Waals surface area (Å²) in [6, 6.07) is 14.6. The zero-order valence-electron chi connectivity index (χ0n) is 11.5. The number of carbonyl (C=O) groups is 1. The van der Waals surface area contributed by atoms with Crippen molar-refractivity contribution in [1.29, 1.82) is 0 Å². The fourth-order valence-corrected chi connectivity index (χ4v) is 2.77. The van der Waals surface area contributed by atoms with E-state index in [1.165, 1.54) is 17.8 Å². The Labute approximate surface area is 130 Å². The topological polar surface area (TPSA) is 80.9 Å². The predicted molar refractivity (Wildman–Crippen MR) is 82.2 cm³/mol. The Kier molecular flexibility index (Phi) is 4.15. The maximum absolute atomic E-state index is 10.8. The van der Waals surface area contributed by atoms with Crippen molar-refractivity contribution in [3.63, 3.8) is 0 Å². The van der Waals surface area contributed by atoms with E-state index in [0.717, 1.165) is 11.3 Å². The van der Waals surface area contributed by atoms with E-state index in [1.54, 1.807) is 16.8 Å². The van der Waals surface area contributed by atoms with E-state index in [1.807, 2.05) is 30.3 Å². The summed E-state index contributed by atoms with van der Waals surface area (Å²) in [5, 5.41) is 21.9. The number of nitrogens with zero attached hydrogens (tertiary/aromatic N) is 4. The standard InChI is InChI=1S/C15H12N4O2S/c20-9-12-8-11(6-7-14(12)21)10-22-15-16-17-18-19(15)13-4-2-1-3-5-13/h1-9,21H,10H2. The Morgan fingerprint density at radius 2 is 2.00 bits per heavy atom. The van der Waals surface area contributed by atoms with Crippen LogP contribution >= 0.6 is 11.8 Å². The van der Waals surface area contributed by atoms with E-state index >= 15 is 0 Å². The number of phenolic OH excluding ortho intramolecular Hbond substituents is 1. The summed E-state index contributed by atoms with van der Waals surface area (Å²) in [6.45, 7) is 0. The molecule has 1 N–H and O–H groups in total. The van der Waals surface area contributed by atoms with Gasteiger partial charge in [-0.1, -0.05) is 36.0 Å². The molecule has 22 heavy (non-hydrogen) atoms. The highest BCUT2D eigenvalue weighted by Gasteiger charge is 2.09. The highest BCUT2D eigenvalue weighted by atomic mass is 32.2. The molecular weight excluding hydrogens is 300 g/mol. The van der Waals surface area contributed by atoms with Crippen LogP contribution in [-0.2, 0) is 5.75 Å². The van der Waals surface area contributed by atoms with Crippen molar-refractivity contribution in [1.82, 2.24) is 20.2 Å². The Hall–Kier alpha value is -2.67. The van der Waals surface area contributed by atoms with E-state index in [9.17, 15) is 9.90 Å². The maximum Gasteiger partial charge on any atom is 0.214 e. The third kappa shape index (κ3) is 2.99. The van der Waals surface area contributed by atoms with Crippen LogP contribution < -0.4 is 0 Å². The van der Waals surface area contributed by atoms with Gasteiger partial charge in [-0.05, 0) is 40.3 Å². The van der Waals surface area contributed by atoms with Gasteiger partial charge in [-0.3, -0.25) is 4.79 Å². The van der Waals surface area contributed by atoms with Gasteiger partial charge in [-0.15, -0.1) is 5.10 Å². The minimum Gasteiger partial charge on any atom is -0.507 e. The predicted octanol–water partition coefficient (Wildman–Crippen LogP) is 2.47. The van der Waals surface area contributed by atoms with Crippen LogP contribution in [-0.4, -0.2) is 31.6 Å². The second-order valence-corrected chi connectivity index (χ2v) is 5.45. The van der Waals surface area contributed by atoms with Crippen LogP contribution in [0.4, 0.5) is 0 Å². The summed E-state index contributed by atoms with van der Waals surface area (Å²) in [5.41, 5.74) is 2.07. The first-order valence-corrected chi connectivity index (χ1v) is 7.50. The van der Waals surface area contributed by atoms with E-state index in [4.69, 9.17) is 0 Å². The summed E-state index contributed by atoms with van der Waals surface area (Å²) in [7, 11) is 0.